The fraction of sp³-hybridized carbons (Fsp3) is 0.429. The molecular formula is C14H16N2O. The molecule has 1 aromatic rings. The van der Waals surface area contributed by atoms with Crippen LogP contribution in [0, 0.1) is 12.0 Å². The van der Waals surface area contributed by atoms with Crippen molar-refractivity contribution in [1.29, 1.82) is 0 Å². The summed E-state index contributed by atoms with van der Waals surface area (Å²) in [6.07, 6.45) is 1.57. The molecule has 1 aliphatic rings. The number of amides is 1. The Morgan fingerprint density at radius 2 is 1.82 bits per heavy atom. The van der Waals surface area contributed by atoms with Gasteiger partial charge in [0.25, 0.3) is 0 Å². The first kappa shape index (κ1) is 11.7. The summed E-state index contributed by atoms with van der Waals surface area (Å²) in [4.78, 5) is 15.1. The fourth-order valence-corrected chi connectivity index (χ4v) is 2.96. The SMILES string of the molecule is [C-]#[N+]c1ccc(C2(C(N)=O)CC(C)(C)C2)cc1. The van der Waals surface area contributed by atoms with Crippen LogP contribution in [0.5, 0.6) is 0 Å². The summed E-state index contributed by atoms with van der Waals surface area (Å²) < 4.78 is 0. The van der Waals surface area contributed by atoms with E-state index >= 15 is 0 Å². The smallest absolute Gasteiger partial charge is 0.228 e. The zero-order valence-corrected chi connectivity index (χ0v) is 10.2. The molecule has 0 aliphatic heterocycles. The van der Waals surface area contributed by atoms with Crippen LogP contribution in [0.4, 0.5) is 5.69 Å². The highest BCUT2D eigenvalue weighted by molar-refractivity contribution is 5.88. The van der Waals surface area contributed by atoms with Gasteiger partial charge in [0.05, 0.1) is 12.0 Å². The van der Waals surface area contributed by atoms with E-state index in [4.69, 9.17) is 12.3 Å². The summed E-state index contributed by atoms with van der Waals surface area (Å²) in [6.45, 7) is 11.2. The van der Waals surface area contributed by atoms with Gasteiger partial charge in [-0.2, -0.15) is 0 Å². The Bertz CT molecular complexity index is 486. The molecule has 3 nitrogen and oxygen atoms in total. The quantitative estimate of drug-likeness (QED) is 0.777. The first-order chi connectivity index (χ1) is 7.89. The molecule has 0 spiro atoms. The molecule has 2 N–H and O–H groups in total. The third kappa shape index (κ3) is 1.80. The summed E-state index contributed by atoms with van der Waals surface area (Å²) in [7, 11) is 0. The van der Waals surface area contributed by atoms with Crippen LogP contribution in [-0.2, 0) is 10.2 Å². The van der Waals surface area contributed by atoms with Crippen molar-refractivity contribution in [3.8, 4) is 0 Å². The second-order valence-corrected chi connectivity index (χ2v) is 5.62. The van der Waals surface area contributed by atoms with Gasteiger partial charge < -0.3 is 5.73 Å². The molecule has 0 saturated heterocycles. The zero-order valence-electron chi connectivity index (χ0n) is 10.2. The standard InChI is InChI=1S/C14H16N2O/c1-13(2)8-14(9-13,12(15)17)10-4-6-11(16-3)7-5-10/h4-7H,8-9H2,1-2H3,(H2,15,17). The number of carbonyl (C=O) groups is 1. The zero-order chi connectivity index (χ0) is 12.7. The second-order valence-electron chi connectivity index (χ2n) is 5.62. The molecule has 1 aliphatic carbocycles. The lowest BCUT2D eigenvalue weighted by Crippen LogP contribution is -2.54. The number of hydrogen-bond donors (Lipinski definition) is 1. The highest BCUT2D eigenvalue weighted by Crippen LogP contribution is 2.55. The molecule has 0 unspecified atom stereocenters. The molecule has 1 amide bonds. The normalized spacial score (nSPS) is 20.1. The molecule has 2 rings (SSSR count). The van der Waals surface area contributed by atoms with Crippen LogP contribution in [0.1, 0.15) is 32.3 Å². The third-order valence-corrected chi connectivity index (χ3v) is 3.58. The molecule has 1 aromatic carbocycles. The third-order valence-electron chi connectivity index (χ3n) is 3.58. The lowest BCUT2D eigenvalue weighted by molar-refractivity contribution is -0.131. The van der Waals surface area contributed by atoms with Gasteiger partial charge in [0, 0.05) is 0 Å². The van der Waals surface area contributed by atoms with Gasteiger partial charge in [-0.25, -0.2) is 4.85 Å². The second kappa shape index (κ2) is 3.59. The first-order valence-electron chi connectivity index (χ1n) is 5.68. The average Bonchev–Trinajstić information content (AvgIpc) is 2.25. The Kier molecular flexibility index (Phi) is 2.46. The maximum absolute atomic E-state index is 11.7. The largest absolute Gasteiger partial charge is 0.369 e. The van der Waals surface area contributed by atoms with Crippen LogP contribution in [0.3, 0.4) is 0 Å². The number of nitrogens with two attached hydrogens (primary N) is 1. The van der Waals surface area contributed by atoms with Crippen molar-refractivity contribution in [2.45, 2.75) is 32.1 Å². The minimum atomic E-state index is -0.524. The monoisotopic (exact) mass is 228 g/mol. The van der Waals surface area contributed by atoms with Gasteiger partial charge in [-0.15, -0.1) is 0 Å². The van der Waals surface area contributed by atoms with E-state index < -0.39 is 5.41 Å². The molecule has 1 fully saturated rings. The minimum absolute atomic E-state index is 0.174. The summed E-state index contributed by atoms with van der Waals surface area (Å²) in [6, 6.07) is 7.21. The van der Waals surface area contributed by atoms with Crippen molar-refractivity contribution in [1.82, 2.24) is 0 Å². The molecule has 0 aromatic heterocycles. The Balaban J connectivity index is 2.36. The van der Waals surface area contributed by atoms with Gasteiger partial charge in [0.1, 0.15) is 0 Å². The van der Waals surface area contributed by atoms with E-state index in [-0.39, 0.29) is 11.3 Å². The summed E-state index contributed by atoms with van der Waals surface area (Å²) >= 11 is 0. The van der Waals surface area contributed by atoms with Crippen molar-refractivity contribution >= 4 is 11.6 Å². The van der Waals surface area contributed by atoms with Gasteiger partial charge in [-0.3, -0.25) is 4.79 Å². The van der Waals surface area contributed by atoms with Crippen LogP contribution in [-0.4, -0.2) is 5.91 Å². The van der Waals surface area contributed by atoms with Crippen LogP contribution >= 0.6 is 0 Å². The van der Waals surface area contributed by atoms with E-state index in [2.05, 4.69) is 18.7 Å². The molecule has 1 saturated carbocycles. The van der Waals surface area contributed by atoms with Crippen LogP contribution in [0.25, 0.3) is 4.85 Å². The summed E-state index contributed by atoms with van der Waals surface area (Å²) in [5.41, 5.74) is 6.74. The number of nitrogens with zero attached hydrogens (tertiary/aromatic N) is 1. The molecular weight excluding hydrogens is 212 g/mol. The Morgan fingerprint density at radius 1 is 1.29 bits per heavy atom. The van der Waals surface area contributed by atoms with E-state index in [1.807, 2.05) is 12.1 Å². The molecule has 0 radical (unpaired) electrons. The summed E-state index contributed by atoms with van der Waals surface area (Å²) in [5.74, 6) is -0.257. The Labute approximate surface area is 101 Å². The molecule has 17 heavy (non-hydrogen) atoms. The number of primary amides is 1. The Morgan fingerprint density at radius 3 is 2.18 bits per heavy atom. The topological polar surface area (TPSA) is 47.5 Å². The highest BCUT2D eigenvalue weighted by Gasteiger charge is 2.54. The summed E-state index contributed by atoms with van der Waals surface area (Å²) in [5, 5.41) is 0. The van der Waals surface area contributed by atoms with Gasteiger partial charge in [0.2, 0.25) is 5.91 Å². The number of hydrogen-bond acceptors (Lipinski definition) is 1. The lowest BCUT2D eigenvalue weighted by Gasteiger charge is -2.51. The van der Waals surface area contributed by atoms with Crippen molar-refractivity contribution in [3.05, 3.63) is 41.2 Å². The maximum Gasteiger partial charge on any atom is 0.228 e. The van der Waals surface area contributed by atoms with Crippen molar-refractivity contribution in [3.63, 3.8) is 0 Å². The van der Waals surface area contributed by atoms with E-state index in [9.17, 15) is 4.79 Å². The van der Waals surface area contributed by atoms with Crippen molar-refractivity contribution < 1.29 is 4.79 Å². The first-order valence-corrected chi connectivity index (χ1v) is 5.68. The molecule has 3 heteroatoms. The molecule has 0 atom stereocenters. The van der Waals surface area contributed by atoms with Gasteiger partial charge in [-0.05, 0) is 23.8 Å². The number of benzene rings is 1. The van der Waals surface area contributed by atoms with Crippen LogP contribution < -0.4 is 5.73 Å². The predicted octanol–water partition coefficient (Wildman–Crippen LogP) is 2.78. The van der Waals surface area contributed by atoms with Crippen molar-refractivity contribution in [2.75, 3.05) is 0 Å². The van der Waals surface area contributed by atoms with E-state index in [1.54, 1.807) is 12.1 Å². The Hall–Kier alpha value is -1.82. The van der Waals surface area contributed by atoms with E-state index in [1.165, 1.54) is 0 Å². The predicted molar refractivity (Wildman–Crippen MR) is 66.6 cm³/mol. The number of rotatable bonds is 2. The van der Waals surface area contributed by atoms with Gasteiger partial charge in [0.15, 0.2) is 5.69 Å². The minimum Gasteiger partial charge on any atom is -0.369 e. The van der Waals surface area contributed by atoms with Crippen molar-refractivity contribution in [2.24, 2.45) is 11.1 Å². The highest BCUT2D eigenvalue weighted by atomic mass is 16.1. The molecule has 88 valence electrons. The van der Waals surface area contributed by atoms with Gasteiger partial charge >= 0.3 is 0 Å². The maximum atomic E-state index is 11.7. The number of carbonyl (C=O) groups excluding carboxylic acids is 1. The van der Waals surface area contributed by atoms with E-state index in [0.29, 0.717) is 5.69 Å². The van der Waals surface area contributed by atoms with E-state index in [0.717, 1.165) is 18.4 Å². The van der Waals surface area contributed by atoms with Crippen LogP contribution in [0.2, 0.25) is 0 Å². The lowest BCUT2D eigenvalue weighted by atomic mass is 9.51. The van der Waals surface area contributed by atoms with Crippen LogP contribution in [0.15, 0.2) is 24.3 Å². The average molecular weight is 228 g/mol. The molecule has 0 bridgehead atoms. The van der Waals surface area contributed by atoms with Gasteiger partial charge in [-0.1, -0.05) is 38.1 Å². The molecule has 0 heterocycles. The fourth-order valence-electron chi connectivity index (χ4n) is 2.96.